The molecule has 1 atom stereocenters. The minimum Gasteiger partial charge on any atom is -0.461 e. The van der Waals surface area contributed by atoms with Crippen LogP contribution in [0.15, 0.2) is 10.8 Å². The number of rotatable bonds is 4. The van der Waals surface area contributed by atoms with Crippen molar-refractivity contribution in [1.82, 2.24) is 4.98 Å². The largest absolute Gasteiger partial charge is 0.461 e. The van der Waals surface area contributed by atoms with Gasteiger partial charge in [0.2, 0.25) is 0 Å². The smallest absolute Gasteiger partial charge is 0.360 e. The van der Waals surface area contributed by atoms with Gasteiger partial charge in [-0.15, -0.1) is 0 Å². The zero-order chi connectivity index (χ0) is 11.4. The van der Waals surface area contributed by atoms with Gasteiger partial charge in [-0.25, -0.2) is 9.78 Å². The predicted octanol–water partition coefficient (Wildman–Crippen LogP) is 2.61. The zero-order valence-corrected chi connectivity index (χ0v) is 9.61. The molecule has 0 aliphatic heterocycles. The lowest BCUT2D eigenvalue weighted by Crippen LogP contribution is -2.11. The summed E-state index contributed by atoms with van der Waals surface area (Å²) in [5.41, 5.74) is 0.304. The monoisotopic (exact) mass is 211 g/mol. The fourth-order valence-electron chi connectivity index (χ4n) is 1.23. The average Bonchev–Trinajstić information content (AvgIpc) is 2.65. The highest BCUT2D eigenvalue weighted by atomic mass is 16.5. The molecule has 0 aromatic carbocycles. The molecule has 0 aliphatic rings. The highest BCUT2D eigenvalue weighted by Crippen LogP contribution is 2.26. The number of esters is 1. The van der Waals surface area contributed by atoms with E-state index in [2.05, 4.69) is 18.8 Å². The second kappa shape index (κ2) is 4.96. The Morgan fingerprint density at radius 3 is 2.73 bits per heavy atom. The van der Waals surface area contributed by atoms with Crippen LogP contribution in [0.4, 0.5) is 0 Å². The van der Waals surface area contributed by atoms with Crippen molar-refractivity contribution >= 4 is 5.97 Å². The Bertz CT molecular complexity index is 330. The number of carbonyl (C=O) groups is 1. The van der Waals surface area contributed by atoms with Gasteiger partial charge >= 0.3 is 5.97 Å². The Morgan fingerprint density at radius 2 is 2.20 bits per heavy atom. The lowest BCUT2D eigenvalue weighted by atomic mass is 9.94. The molecule has 0 saturated carbocycles. The fraction of sp³-hybridized carbons (Fsp3) is 0.636. The average molecular weight is 211 g/mol. The van der Waals surface area contributed by atoms with Gasteiger partial charge in [0.05, 0.1) is 6.61 Å². The van der Waals surface area contributed by atoms with Crippen molar-refractivity contribution < 1.29 is 13.9 Å². The van der Waals surface area contributed by atoms with E-state index in [1.165, 1.54) is 6.39 Å². The third kappa shape index (κ3) is 2.58. The molecule has 1 aromatic heterocycles. The molecule has 0 bridgehead atoms. The molecule has 4 heteroatoms. The lowest BCUT2D eigenvalue weighted by molar-refractivity contribution is 0.0516. The second-order valence-electron chi connectivity index (χ2n) is 3.82. The summed E-state index contributed by atoms with van der Waals surface area (Å²) in [5.74, 6) is 0.759. The Hall–Kier alpha value is -1.32. The maximum absolute atomic E-state index is 11.5. The SMILES string of the molecule is CCOC(=O)c1ncoc1C(C)C(C)C. The van der Waals surface area contributed by atoms with Crippen molar-refractivity contribution in [3.05, 3.63) is 17.8 Å². The highest BCUT2D eigenvalue weighted by Gasteiger charge is 2.24. The summed E-state index contributed by atoms with van der Waals surface area (Å²) in [4.78, 5) is 15.4. The van der Waals surface area contributed by atoms with E-state index in [9.17, 15) is 4.79 Å². The molecule has 84 valence electrons. The molecule has 0 fully saturated rings. The van der Waals surface area contributed by atoms with Gasteiger partial charge in [0.15, 0.2) is 12.1 Å². The number of aromatic nitrogens is 1. The quantitative estimate of drug-likeness (QED) is 0.718. The van der Waals surface area contributed by atoms with Crippen LogP contribution in [-0.2, 0) is 4.74 Å². The Labute approximate surface area is 89.6 Å². The molecule has 0 N–H and O–H groups in total. The van der Waals surface area contributed by atoms with Crippen LogP contribution in [0.5, 0.6) is 0 Å². The summed E-state index contributed by atoms with van der Waals surface area (Å²) in [6, 6.07) is 0. The van der Waals surface area contributed by atoms with Crippen molar-refractivity contribution in [3.63, 3.8) is 0 Å². The summed E-state index contributed by atoms with van der Waals surface area (Å²) in [6.45, 7) is 8.27. The molecule has 1 heterocycles. The van der Waals surface area contributed by atoms with Gasteiger partial charge < -0.3 is 9.15 Å². The van der Waals surface area contributed by atoms with E-state index in [0.29, 0.717) is 24.0 Å². The minimum atomic E-state index is -0.409. The fourth-order valence-corrected chi connectivity index (χ4v) is 1.23. The van der Waals surface area contributed by atoms with Crippen LogP contribution < -0.4 is 0 Å². The van der Waals surface area contributed by atoms with Crippen LogP contribution in [0.3, 0.4) is 0 Å². The van der Waals surface area contributed by atoms with E-state index in [1.54, 1.807) is 6.92 Å². The third-order valence-electron chi connectivity index (χ3n) is 2.48. The maximum atomic E-state index is 11.5. The summed E-state index contributed by atoms with van der Waals surface area (Å²) in [6.07, 6.45) is 1.29. The lowest BCUT2D eigenvalue weighted by Gasteiger charge is -2.13. The summed E-state index contributed by atoms with van der Waals surface area (Å²) in [7, 11) is 0. The first-order valence-electron chi connectivity index (χ1n) is 5.18. The molecule has 0 amide bonds. The third-order valence-corrected chi connectivity index (χ3v) is 2.48. The second-order valence-corrected chi connectivity index (χ2v) is 3.82. The molecule has 0 aliphatic carbocycles. The molecule has 0 saturated heterocycles. The number of hydrogen-bond donors (Lipinski definition) is 0. The van der Waals surface area contributed by atoms with Crippen LogP contribution >= 0.6 is 0 Å². The van der Waals surface area contributed by atoms with E-state index >= 15 is 0 Å². The molecule has 4 nitrogen and oxygen atoms in total. The first-order valence-corrected chi connectivity index (χ1v) is 5.18. The predicted molar refractivity (Wildman–Crippen MR) is 55.7 cm³/mol. The van der Waals surface area contributed by atoms with Crippen molar-refractivity contribution in [2.24, 2.45) is 5.92 Å². The first kappa shape index (κ1) is 11.8. The Balaban J connectivity index is 2.91. The molecule has 1 unspecified atom stereocenters. The van der Waals surface area contributed by atoms with Gasteiger partial charge in [0.25, 0.3) is 0 Å². The van der Waals surface area contributed by atoms with Crippen molar-refractivity contribution in [2.45, 2.75) is 33.6 Å². The maximum Gasteiger partial charge on any atom is 0.360 e. The Morgan fingerprint density at radius 1 is 1.53 bits per heavy atom. The number of hydrogen-bond acceptors (Lipinski definition) is 4. The molecule has 0 radical (unpaired) electrons. The van der Waals surface area contributed by atoms with Crippen LogP contribution in [0, 0.1) is 5.92 Å². The summed E-state index contributed by atoms with van der Waals surface area (Å²) >= 11 is 0. The molecule has 0 spiro atoms. The van der Waals surface area contributed by atoms with Crippen LogP contribution in [0.1, 0.15) is 49.9 Å². The number of ether oxygens (including phenoxy) is 1. The van der Waals surface area contributed by atoms with Crippen molar-refractivity contribution in [1.29, 1.82) is 0 Å². The van der Waals surface area contributed by atoms with E-state index in [1.807, 2.05) is 6.92 Å². The summed E-state index contributed by atoms with van der Waals surface area (Å²) in [5, 5.41) is 0. The van der Waals surface area contributed by atoms with Crippen molar-refractivity contribution in [2.75, 3.05) is 6.61 Å². The van der Waals surface area contributed by atoms with Gasteiger partial charge in [-0.3, -0.25) is 0 Å². The van der Waals surface area contributed by atoms with E-state index in [4.69, 9.17) is 9.15 Å². The molecular weight excluding hydrogens is 194 g/mol. The van der Waals surface area contributed by atoms with Gasteiger partial charge in [0, 0.05) is 5.92 Å². The molecule has 1 rings (SSSR count). The molecule has 1 aromatic rings. The number of carbonyl (C=O) groups excluding carboxylic acids is 1. The van der Waals surface area contributed by atoms with E-state index < -0.39 is 5.97 Å². The Kier molecular flexibility index (Phi) is 3.88. The van der Waals surface area contributed by atoms with Gasteiger partial charge in [-0.05, 0) is 12.8 Å². The van der Waals surface area contributed by atoms with Gasteiger partial charge in [-0.1, -0.05) is 20.8 Å². The van der Waals surface area contributed by atoms with Crippen LogP contribution in [0.2, 0.25) is 0 Å². The highest BCUT2D eigenvalue weighted by molar-refractivity contribution is 5.88. The summed E-state index contributed by atoms with van der Waals surface area (Å²) < 4.78 is 10.1. The van der Waals surface area contributed by atoms with E-state index in [0.717, 1.165) is 0 Å². The first-order chi connectivity index (χ1) is 7.07. The number of nitrogens with zero attached hydrogens (tertiary/aromatic N) is 1. The van der Waals surface area contributed by atoms with E-state index in [-0.39, 0.29) is 5.92 Å². The zero-order valence-electron chi connectivity index (χ0n) is 9.61. The molecular formula is C11H17NO3. The van der Waals surface area contributed by atoms with Gasteiger partial charge in [0.1, 0.15) is 5.76 Å². The van der Waals surface area contributed by atoms with Crippen molar-refractivity contribution in [3.8, 4) is 0 Å². The molecule has 15 heavy (non-hydrogen) atoms. The minimum absolute atomic E-state index is 0.159. The number of oxazole rings is 1. The standard InChI is InChI=1S/C11H17NO3/c1-5-14-11(13)9-10(15-6-12-9)8(4)7(2)3/h6-8H,5H2,1-4H3. The van der Waals surface area contributed by atoms with Crippen LogP contribution in [0.25, 0.3) is 0 Å². The van der Waals surface area contributed by atoms with Gasteiger partial charge in [-0.2, -0.15) is 0 Å². The normalized spacial score (nSPS) is 12.9. The van der Waals surface area contributed by atoms with Crippen LogP contribution in [-0.4, -0.2) is 17.6 Å². The topological polar surface area (TPSA) is 52.3 Å².